The number of hydrogen-bond donors (Lipinski definition) is 1. The predicted octanol–water partition coefficient (Wildman–Crippen LogP) is 4.27. The van der Waals surface area contributed by atoms with Crippen molar-refractivity contribution in [2.24, 2.45) is 0 Å². The fourth-order valence-electron chi connectivity index (χ4n) is 3.72. The van der Waals surface area contributed by atoms with Gasteiger partial charge in [-0.15, -0.1) is 22.7 Å². The lowest BCUT2D eigenvalue weighted by Crippen LogP contribution is -2.28. The molecule has 3 heterocycles. The molecule has 148 valence electrons. The van der Waals surface area contributed by atoms with Gasteiger partial charge in [-0.1, -0.05) is 12.1 Å². The van der Waals surface area contributed by atoms with Gasteiger partial charge in [0.05, 0.1) is 16.8 Å². The van der Waals surface area contributed by atoms with E-state index in [1.54, 1.807) is 18.4 Å². The van der Waals surface area contributed by atoms with Crippen LogP contribution in [-0.4, -0.2) is 44.6 Å². The third kappa shape index (κ3) is 3.72. The molecule has 7 heteroatoms. The van der Waals surface area contributed by atoms with Crippen LogP contribution in [-0.2, 0) is 16.0 Å². The Morgan fingerprint density at radius 1 is 1.32 bits per heavy atom. The standard InChI is InChI=1S/C21H25N3O2S2/c1-14-19-15(8-9-22-14)18(20-23-16-6-3-4-7-17(16)27-20)21(28-19)24(10-5-12-25)11-13-26-2/h3-4,6-7,12,14,22H,5,8-11,13H2,1-2H3. The van der Waals surface area contributed by atoms with Gasteiger partial charge in [0.2, 0.25) is 0 Å². The summed E-state index contributed by atoms with van der Waals surface area (Å²) < 4.78 is 6.55. The van der Waals surface area contributed by atoms with E-state index in [9.17, 15) is 4.79 Å². The van der Waals surface area contributed by atoms with Crippen LogP contribution in [0.15, 0.2) is 24.3 Å². The van der Waals surface area contributed by atoms with E-state index in [4.69, 9.17) is 9.72 Å². The van der Waals surface area contributed by atoms with Crippen molar-refractivity contribution in [3.8, 4) is 10.6 Å². The minimum Gasteiger partial charge on any atom is -0.383 e. The smallest absolute Gasteiger partial charge is 0.127 e. The number of benzene rings is 1. The molecule has 4 rings (SSSR count). The second-order valence-electron chi connectivity index (χ2n) is 6.97. The van der Waals surface area contributed by atoms with Gasteiger partial charge in [-0.2, -0.15) is 0 Å². The Hall–Kier alpha value is -1.80. The van der Waals surface area contributed by atoms with Gasteiger partial charge in [-0.25, -0.2) is 4.98 Å². The van der Waals surface area contributed by atoms with Crippen LogP contribution >= 0.6 is 22.7 Å². The Bertz CT molecular complexity index is 933. The second kappa shape index (κ2) is 8.69. The molecule has 1 aromatic carbocycles. The van der Waals surface area contributed by atoms with Crippen molar-refractivity contribution in [2.75, 3.05) is 38.3 Å². The summed E-state index contributed by atoms with van der Waals surface area (Å²) in [5, 5.41) is 5.88. The molecule has 0 saturated carbocycles. The molecule has 3 aromatic rings. The number of anilines is 1. The number of ether oxygens (including phenoxy) is 1. The number of nitrogens with one attached hydrogen (secondary N) is 1. The number of aldehydes is 1. The van der Waals surface area contributed by atoms with E-state index in [0.29, 0.717) is 25.6 Å². The normalized spacial score (nSPS) is 16.3. The lowest BCUT2D eigenvalue weighted by molar-refractivity contribution is -0.107. The molecule has 1 unspecified atom stereocenters. The maximum absolute atomic E-state index is 11.1. The molecule has 1 aliphatic rings. The summed E-state index contributed by atoms with van der Waals surface area (Å²) >= 11 is 3.60. The monoisotopic (exact) mass is 415 g/mol. The summed E-state index contributed by atoms with van der Waals surface area (Å²) in [6.07, 6.45) is 2.52. The zero-order valence-corrected chi connectivity index (χ0v) is 17.9. The number of aromatic nitrogens is 1. The molecular formula is C21H25N3O2S2. The van der Waals surface area contributed by atoms with Crippen molar-refractivity contribution in [3.63, 3.8) is 0 Å². The molecule has 2 aromatic heterocycles. The zero-order valence-electron chi connectivity index (χ0n) is 16.2. The third-order valence-corrected chi connectivity index (χ3v) is 7.65. The average molecular weight is 416 g/mol. The van der Waals surface area contributed by atoms with Gasteiger partial charge in [0, 0.05) is 43.1 Å². The highest BCUT2D eigenvalue weighted by Crippen LogP contribution is 2.48. The van der Waals surface area contributed by atoms with Crippen LogP contribution in [0.3, 0.4) is 0 Å². The molecule has 0 aliphatic carbocycles. The Morgan fingerprint density at radius 2 is 2.18 bits per heavy atom. The Balaban J connectivity index is 1.85. The van der Waals surface area contributed by atoms with Gasteiger partial charge < -0.3 is 19.7 Å². The maximum Gasteiger partial charge on any atom is 0.127 e. The van der Waals surface area contributed by atoms with E-state index < -0.39 is 0 Å². The molecular weight excluding hydrogens is 390 g/mol. The first kappa shape index (κ1) is 19.5. The highest BCUT2D eigenvalue weighted by Gasteiger charge is 2.29. The molecule has 1 aliphatic heterocycles. The first-order valence-corrected chi connectivity index (χ1v) is 11.3. The minimum absolute atomic E-state index is 0.339. The number of rotatable bonds is 8. The predicted molar refractivity (Wildman–Crippen MR) is 118 cm³/mol. The fourth-order valence-corrected chi connectivity index (χ4v) is 6.25. The first-order chi connectivity index (χ1) is 13.7. The van der Waals surface area contributed by atoms with E-state index >= 15 is 0 Å². The van der Waals surface area contributed by atoms with Crippen molar-refractivity contribution < 1.29 is 9.53 Å². The Kier molecular flexibility index (Phi) is 6.06. The summed E-state index contributed by atoms with van der Waals surface area (Å²) in [5.41, 5.74) is 3.72. The number of nitrogens with zero attached hydrogens (tertiary/aromatic N) is 2. The molecule has 0 spiro atoms. The number of hydrogen-bond acceptors (Lipinski definition) is 7. The van der Waals surface area contributed by atoms with Gasteiger partial charge in [-0.05, 0) is 37.6 Å². The highest BCUT2D eigenvalue weighted by atomic mass is 32.1. The number of methoxy groups -OCH3 is 1. The van der Waals surface area contributed by atoms with Crippen LogP contribution in [0.5, 0.6) is 0 Å². The van der Waals surface area contributed by atoms with E-state index in [2.05, 4.69) is 35.3 Å². The fraction of sp³-hybridized carbons (Fsp3) is 0.429. The lowest BCUT2D eigenvalue weighted by atomic mass is 10.00. The minimum atomic E-state index is 0.339. The topological polar surface area (TPSA) is 54.5 Å². The summed E-state index contributed by atoms with van der Waals surface area (Å²) in [7, 11) is 1.72. The van der Waals surface area contributed by atoms with Crippen molar-refractivity contribution in [3.05, 3.63) is 34.7 Å². The maximum atomic E-state index is 11.1. The van der Waals surface area contributed by atoms with E-state index in [0.717, 1.165) is 36.3 Å². The van der Waals surface area contributed by atoms with E-state index in [-0.39, 0.29) is 0 Å². The van der Waals surface area contributed by atoms with Gasteiger partial charge >= 0.3 is 0 Å². The van der Waals surface area contributed by atoms with Crippen LogP contribution < -0.4 is 10.2 Å². The Morgan fingerprint density at radius 3 is 2.96 bits per heavy atom. The van der Waals surface area contributed by atoms with Gasteiger partial charge in [0.15, 0.2) is 0 Å². The molecule has 0 saturated heterocycles. The quantitative estimate of drug-likeness (QED) is 0.557. The number of para-hydroxylation sites is 1. The van der Waals surface area contributed by atoms with Crippen LogP contribution in [0.1, 0.15) is 29.8 Å². The van der Waals surface area contributed by atoms with Crippen LogP contribution in [0, 0.1) is 0 Å². The number of thiazole rings is 1. The van der Waals surface area contributed by atoms with Crippen molar-refractivity contribution >= 4 is 44.2 Å². The van der Waals surface area contributed by atoms with Crippen LogP contribution in [0.25, 0.3) is 20.8 Å². The molecule has 0 fully saturated rings. The number of fused-ring (bicyclic) bond motifs is 2. The number of carbonyl (C=O) groups excluding carboxylic acids is 1. The van der Waals surface area contributed by atoms with E-state index in [1.807, 2.05) is 17.4 Å². The average Bonchev–Trinajstić information content (AvgIpc) is 3.30. The molecule has 28 heavy (non-hydrogen) atoms. The largest absolute Gasteiger partial charge is 0.383 e. The van der Waals surface area contributed by atoms with Gasteiger partial charge in [0.1, 0.15) is 16.3 Å². The summed E-state index contributed by atoms with van der Waals surface area (Å²) in [5.74, 6) is 0. The van der Waals surface area contributed by atoms with Crippen molar-refractivity contribution in [1.82, 2.24) is 10.3 Å². The molecule has 5 nitrogen and oxygen atoms in total. The zero-order chi connectivity index (χ0) is 19.5. The number of carbonyl (C=O) groups is 1. The molecule has 0 radical (unpaired) electrons. The SMILES string of the molecule is COCCN(CCC=O)c1sc2c(c1-c1nc3ccccc3s1)CCNC2C. The molecule has 1 atom stereocenters. The Labute approximate surface area is 173 Å². The van der Waals surface area contributed by atoms with Gasteiger partial charge in [0.25, 0.3) is 0 Å². The van der Waals surface area contributed by atoms with Crippen molar-refractivity contribution in [2.45, 2.75) is 25.8 Å². The third-order valence-electron chi connectivity index (χ3n) is 5.12. The van der Waals surface area contributed by atoms with Crippen molar-refractivity contribution in [1.29, 1.82) is 0 Å². The summed E-state index contributed by atoms with van der Waals surface area (Å²) in [4.78, 5) is 19.7. The number of thiophene rings is 1. The lowest BCUT2D eigenvalue weighted by Gasteiger charge is -2.23. The molecule has 0 amide bonds. The highest BCUT2D eigenvalue weighted by molar-refractivity contribution is 7.22. The summed E-state index contributed by atoms with van der Waals surface area (Å²) in [6, 6.07) is 8.65. The van der Waals surface area contributed by atoms with Crippen LogP contribution in [0.4, 0.5) is 5.00 Å². The summed E-state index contributed by atoms with van der Waals surface area (Å²) in [6.45, 7) is 5.31. The molecule has 0 bridgehead atoms. The van der Waals surface area contributed by atoms with Crippen LogP contribution in [0.2, 0.25) is 0 Å². The first-order valence-electron chi connectivity index (χ1n) is 9.65. The second-order valence-corrected chi connectivity index (χ2v) is 9.03. The van der Waals surface area contributed by atoms with E-state index in [1.165, 1.54) is 25.7 Å². The van der Waals surface area contributed by atoms with Gasteiger partial charge in [-0.3, -0.25) is 0 Å². The molecule has 1 N–H and O–H groups in total.